The van der Waals surface area contributed by atoms with Crippen LogP contribution in [-0.2, 0) is 9.88 Å². The van der Waals surface area contributed by atoms with Crippen molar-refractivity contribution in [2.45, 2.75) is 13.8 Å². The fourth-order valence-electron chi connectivity index (χ4n) is 0.236. The lowest BCUT2D eigenvalue weighted by molar-refractivity contribution is -0.301. The third kappa shape index (κ3) is 7.03. The van der Waals surface area contributed by atoms with E-state index < -0.39 is 0 Å². The molecule has 0 aliphatic rings. The van der Waals surface area contributed by atoms with Gasteiger partial charge in [-0.3, -0.25) is 0 Å². The summed E-state index contributed by atoms with van der Waals surface area (Å²) in [7, 11) is 0. The predicted molar refractivity (Wildman–Crippen MR) is 37.7 cm³/mol. The Balaban J connectivity index is 3.13. The van der Waals surface area contributed by atoms with Gasteiger partial charge in [0, 0.05) is 0 Å². The van der Waals surface area contributed by atoms with E-state index in [1.807, 2.05) is 13.8 Å². The molecular formula is C5H13N3O2. The molecular weight excluding hydrogens is 134 g/mol. The van der Waals surface area contributed by atoms with Gasteiger partial charge in [0.1, 0.15) is 0 Å². The summed E-state index contributed by atoms with van der Waals surface area (Å²) < 4.78 is 0. The molecule has 5 nitrogen and oxygen atoms in total. The van der Waals surface area contributed by atoms with Gasteiger partial charge >= 0.3 is 0 Å². The van der Waals surface area contributed by atoms with E-state index in [1.165, 1.54) is 0 Å². The van der Waals surface area contributed by atoms with E-state index >= 15 is 0 Å². The molecule has 10 heavy (non-hydrogen) atoms. The molecule has 0 unspecified atom stereocenters. The molecule has 0 radical (unpaired) electrons. The predicted octanol–water partition coefficient (Wildman–Crippen LogP) is -0.221. The highest BCUT2D eigenvalue weighted by molar-refractivity contribution is 5.74. The second-order valence-corrected chi connectivity index (χ2v) is 2.27. The Kier molecular flexibility index (Phi) is 4.39. The van der Waals surface area contributed by atoms with Crippen molar-refractivity contribution in [3.8, 4) is 0 Å². The molecule has 0 bridgehead atoms. The molecule has 0 aromatic carbocycles. The molecule has 0 saturated carbocycles. The summed E-state index contributed by atoms with van der Waals surface area (Å²) in [5.74, 6) is 0.248. The molecule has 60 valence electrons. The molecule has 4 N–H and O–H groups in total. The Hall–Kier alpha value is -0.970. The van der Waals surface area contributed by atoms with Gasteiger partial charge < -0.3 is 11.5 Å². The quantitative estimate of drug-likeness (QED) is 0.189. The number of oxime groups is 1. The SMILES string of the molecule is CC(C)COON=C(N)N. The molecule has 0 amide bonds. The second-order valence-electron chi connectivity index (χ2n) is 2.27. The normalized spacial score (nSPS) is 9.50. The Morgan fingerprint density at radius 2 is 2.10 bits per heavy atom. The van der Waals surface area contributed by atoms with Gasteiger partial charge in [-0.2, -0.15) is 4.89 Å². The van der Waals surface area contributed by atoms with Crippen molar-refractivity contribution >= 4 is 5.96 Å². The number of hydrogen-bond donors (Lipinski definition) is 2. The molecule has 0 atom stereocenters. The van der Waals surface area contributed by atoms with E-state index in [0.29, 0.717) is 12.5 Å². The minimum atomic E-state index is -0.149. The lowest BCUT2D eigenvalue weighted by Crippen LogP contribution is -2.23. The van der Waals surface area contributed by atoms with Crippen LogP contribution < -0.4 is 11.5 Å². The highest BCUT2D eigenvalue weighted by Gasteiger charge is 1.92. The van der Waals surface area contributed by atoms with Gasteiger partial charge in [0.15, 0.2) is 0 Å². The van der Waals surface area contributed by atoms with Crippen LogP contribution in [0, 0.1) is 5.92 Å². The topological polar surface area (TPSA) is 82.9 Å². The highest BCUT2D eigenvalue weighted by Crippen LogP contribution is 1.92. The Labute approximate surface area is 59.9 Å². The number of guanidine groups is 1. The van der Waals surface area contributed by atoms with Crippen LogP contribution in [0.15, 0.2) is 5.16 Å². The first-order chi connectivity index (χ1) is 4.63. The highest BCUT2D eigenvalue weighted by atomic mass is 17.3. The fourth-order valence-corrected chi connectivity index (χ4v) is 0.236. The standard InChI is InChI=1S/C5H13N3O2/c1-4(2)3-9-10-8-5(6)7/h4H,3H2,1-2H3,(H4,6,7,8). The summed E-state index contributed by atoms with van der Waals surface area (Å²) >= 11 is 0. The first-order valence-corrected chi connectivity index (χ1v) is 3.00. The van der Waals surface area contributed by atoms with Crippen molar-refractivity contribution in [2.75, 3.05) is 6.61 Å². The maximum atomic E-state index is 4.93. The summed E-state index contributed by atoms with van der Waals surface area (Å²) in [6, 6.07) is 0. The smallest absolute Gasteiger partial charge is 0.232 e. The average molecular weight is 147 g/mol. The first-order valence-electron chi connectivity index (χ1n) is 3.00. The van der Waals surface area contributed by atoms with E-state index in [9.17, 15) is 0 Å². The molecule has 0 aliphatic heterocycles. The van der Waals surface area contributed by atoms with Gasteiger partial charge in [0.05, 0.1) is 6.61 Å². The summed E-state index contributed by atoms with van der Waals surface area (Å²) in [6.45, 7) is 4.44. The number of rotatable bonds is 4. The average Bonchev–Trinajstić information content (AvgIpc) is 1.79. The van der Waals surface area contributed by atoms with E-state index in [4.69, 9.17) is 11.5 Å². The van der Waals surface area contributed by atoms with Crippen LogP contribution in [-0.4, -0.2) is 12.6 Å². The number of hydrogen-bond acceptors (Lipinski definition) is 3. The van der Waals surface area contributed by atoms with Crippen LogP contribution >= 0.6 is 0 Å². The van der Waals surface area contributed by atoms with Crippen molar-refractivity contribution in [2.24, 2.45) is 22.5 Å². The molecule has 0 spiro atoms. The van der Waals surface area contributed by atoms with Gasteiger partial charge in [0.25, 0.3) is 0 Å². The number of nitrogens with two attached hydrogens (primary N) is 2. The Morgan fingerprint density at radius 3 is 2.50 bits per heavy atom. The molecule has 0 saturated heterocycles. The molecule has 0 aliphatic carbocycles. The monoisotopic (exact) mass is 147 g/mol. The molecule has 5 heteroatoms. The Morgan fingerprint density at radius 1 is 1.50 bits per heavy atom. The van der Waals surface area contributed by atoms with E-state index in [0.717, 1.165) is 0 Å². The van der Waals surface area contributed by atoms with Gasteiger partial charge in [-0.05, 0) is 11.1 Å². The van der Waals surface area contributed by atoms with Crippen molar-refractivity contribution < 1.29 is 9.88 Å². The zero-order valence-corrected chi connectivity index (χ0v) is 6.20. The van der Waals surface area contributed by atoms with Gasteiger partial charge in [-0.25, -0.2) is 4.99 Å². The van der Waals surface area contributed by atoms with Gasteiger partial charge in [0.2, 0.25) is 5.96 Å². The molecule has 0 fully saturated rings. The molecule has 0 rings (SSSR count). The summed E-state index contributed by atoms with van der Waals surface area (Å²) in [6.07, 6.45) is 0. The van der Waals surface area contributed by atoms with Gasteiger partial charge in [-0.15, -0.1) is 0 Å². The van der Waals surface area contributed by atoms with Crippen molar-refractivity contribution in [3.63, 3.8) is 0 Å². The number of nitrogens with zero attached hydrogens (tertiary/aromatic N) is 1. The maximum absolute atomic E-state index is 4.93. The minimum Gasteiger partial charge on any atom is -0.367 e. The third-order valence-electron chi connectivity index (χ3n) is 0.597. The van der Waals surface area contributed by atoms with Crippen molar-refractivity contribution in [1.29, 1.82) is 0 Å². The summed E-state index contributed by atoms with van der Waals surface area (Å²) in [5, 5.41) is 3.15. The van der Waals surface area contributed by atoms with E-state index in [1.54, 1.807) is 0 Å². The third-order valence-corrected chi connectivity index (χ3v) is 0.597. The molecule has 0 heterocycles. The summed E-state index contributed by atoms with van der Waals surface area (Å²) in [5.41, 5.74) is 9.86. The summed E-state index contributed by atoms with van der Waals surface area (Å²) in [4.78, 5) is 8.80. The maximum Gasteiger partial charge on any atom is 0.232 e. The van der Waals surface area contributed by atoms with Crippen LogP contribution in [0.4, 0.5) is 0 Å². The van der Waals surface area contributed by atoms with E-state index in [2.05, 4.69) is 15.0 Å². The van der Waals surface area contributed by atoms with E-state index in [-0.39, 0.29) is 5.96 Å². The lowest BCUT2D eigenvalue weighted by Gasteiger charge is -2.00. The molecule has 0 aromatic rings. The van der Waals surface area contributed by atoms with Crippen molar-refractivity contribution in [3.05, 3.63) is 0 Å². The minimum absolute atomic E-state index is 0.149. The van der Waals surface area contributed by atoms with Crippen molar-refractivity contribution in [1.82, 2.24) is 0 Å². The van der Waals surface area contributed by atoms with Gasteiger partial charge in [-0.1, -0.05) is 13.8 Å². The Bertz CT molecular complexity index is 109. The lowest BCUT2D eigenvalue weighted by atomic mass is 10.2. The van der Waals surface area contributed by atoms with Crippen LogP contribution in [0.2, 0.25) is 0 Å². The largest absolute Gasteiger partial charge is 0.367 e. The van der Waals surface area contributed by atoms with Crippen LogP contribution in [0.25, 0.3) is 0 Å². The first kappa shape index (κ1) is 9.03. The zero-order valence-electron chi connectivity index (χ0n) is 6.20. The van der Waals surface area contributed by atoms with Crippen LogP contribution in [0.3, 0.4) is 0 Å². The van der Waals surface area contributed by atoms with Crippen LogP contribution in [0.5, 0.6) is 0 Å². The second kappa shape index (κ2) is 4.87. The zero-order chi connectivity index (χ0) is 7.98. The fraction of sp³-hybridized carbons (Fsp3) is 0.800. The molecule has 0 aromatic heterocycles. The van der Waals surface area contributed by atoms with Crippen LogP contribution in [0.1, 0.15) is 13.8 Å².